The minimum Gasteiger partial charge on any atom is -0.341 e. The molecule has 7 heteroatoms. The smallest absolute Gasteiger partial charge is 0.230 e. The molecular weight excluding hydrogens is 368 g/mol. The molecule has 3 heterocycles. The Labute approximate surface area is 172 Å². The lowest BCUT2D eigenvalue weighted by atomic mass is 10.2. The number of nitrogens with zero attached hydrogens (tertiary/aromatic N) is 6. The monoisotopic (exact) mass is 396 g/mol. The molecule has 2 saturated heterocycles. The summed E-state index contributed by atoms with van der Waals surface area (Å²) >= 11 is 5.87. The summed E-state index contributed by atoms with van der Waals surface area (Å²) in [6.45, 7) is 9.61. The first kappa shape index (κ1) is 19.2. The summed E-state index contributed by atoms with van der Waals surface area (Å²) in [5.41, 5.74) is 2.33. The Bertz CT molecular complexity index is 892. The van der Waals surface area contributed by atoms with Crippen LogP contribution in [0.25, 0.3) is 5.69 Å². The van der Waals surface area contributed by atoms with Crippen LogP contribution in [0.1, 0.15) is 18.4 Å². The molecule has 148 valence electrons. The summed E-state index contributed by atoms with van der Waals surface area (Å²) in [6, 6.07) is 8.53. The number of piperazine rings is 1. The molecular formula is C21H28N6S. The van der Waals surface area contributed by atoms with E-state index in [0.717, 1.165) is 68.9 Å². The molecule has 6 nitrogen and oxygen atoms in total. The van der Waals surface area contributed by atoms with Gasteiger partial charge in [0.1, 0.15) is 0 Å². The minimum atomic E-state index is 0.725. The zero-order chi connectivity index (χ0) is 19.5. The summed E-state index contributed by atoms with van der Waals surface area (Å²) in [7, 11) is 0. The second kappa shape index (κ2) is 8.48. The van der Waals surface area contributed by atoms with Gasteiger partial charge in [0.05, 0.1) is 18.9 Å². The van der Waals surface area contributed by atoms with Gasteiger partial charge in [0, 0.05) is 39.3 Å². The van der Waals surface area contributed by atoms with E-state index in [4.69, 9.17) is 23.7 Å². The number of benzene rings is 1. The summed E-state index contributed by atoms with van der Waals surface area (Å²) < 4.78 is 4.88. The van der Waals surface area contributed by atoms with Crippen molar-refractivity contribution in [3.05, 3.63) is 34.6 Å². The molecule has 0 atom stereocenters. The van der Waals surface area contributed by atoms with E-state index in [0.29, 0.717) is 0 Å². The summed E-state index contributed by atoms with van der Waals surface area (Å²) in [4.78, 5) is 7.08. The third-order valence-electron chi connectivity index (χ3n) is 5.62. The van der Waals surface area contributed by atoms with Gasteiger partial charge < -0.3 is 4.90 Å². The molecule has 0 amide bonds. The molecule has 0 aliphatic carbocycles. The van der Waals surface area contributed by atoms with Crippen molar-refractivity contribution in [2.24, 2.45) is 0 Å². The van der Waals surface area contributed by atoms with E-state index in [1.54, 1.807) is 0 Å². The van der Waals surface area contributed by atoms with Crippen LogP contribution in [0, 0.1) is 24.0 Å². The molecule has 1 aromatic carbocycles. The van der Waals surface area contributed by atoms with Crippen LogP contribution in [0.15, 0.2) is 24.3 Å². The minimum absolute atomic E-state index is 0.725. The van der Waals surface area contributed by atoms with Crippen molar-refractivity contribution >= 4 is 18.2 Å². The van der Waals surface area contributed by atoms with E-state index in [9.17, 15) is 0 Å². The van der Waals surface area contributed by atoms with Crippen LogP contribution in [0.4, 0.5) is 5.95 Å². The Balaban J connectivity index is 1.60. The van der Waals surface area contributed by atoms with E-state index < -0.39 is 0 Å². The van der Waals surface area contributed by atoms with Gasteiger partial charge in [-0.05, 0) is 44.1 Å². The predicted molar refractivity (Wildman–Crippen MR) is 115 cm³/mol. The number of hydrogen-bond donors (Lipinski definition) is 0. The number of aromatic nitrogens is 3. The maximum atomic E-state index is 5.87. The van der Waals surface area contributed by atoms with Crippen LogP contribution >= 0.6 is 12.2 Å². The molecule has 0 N–H and O–H groups in total. The van der Waals surface area contributed by atoms with Crippen LogP contribution in [0.2, 0.25) is 0 Å². The van der Waals surface area contributed by atoms with Crippen molar-refractivity contribution in [2.45, 2.75) is 26.4 Å². The average molecular weight is 397 g/mol. The highest BCUT2D eigenvalue weighted by molar-refractivity contribution is 7.71. The fourth-order valence-electron chi connectivity index (χ4n) is 3.94. The van der Waals surface area contributed by atoms with Crippen molar-refractivity contribution in [2.75, 3.05) is 50.7 Å². The molecule has 2 aliphatic rings. The highest BCUT2D eigenvalue weighted by atomic mass is 32.1. The van der Waals surface area contributed by atoms with Gasteiger partial charge >= 0.3 is 0 Å². The zero-order valence-corrected chi connectivity index (χ0v) is 17.4. The normalized spacial score (nSPS) is 18.5. The lowest BCUT2D eigenvalue weighted by molar-refractivity contribution is 0.111. The van der Waals surface area contributed by atoms with E-state index >= 15 is 0 Å². The third kappa shape index (κ3) is 4.00. The molecule has 2 aliphatic heterocycles. The second-order valence-electron chi connectivity index (χ2n) is 7.69. The Morgan fingerprint density at radius 1 is 1.00 bits per heavy atom. The van der Waals surface area contributed by atoms with E-state index in [1.165, 1.54) is 18.4 Å². The quantitative estimate of drug-likeness (QED) is 0.573. The lowest BCUT2D eigenvalue weighted by Gasteiger charge is -2.33. The lowest BCUT2D eigenvalue weighted by Crippen LogP contribution is -2.46. The van der Waals surface area contributed by atoms with Crippen LogP contribution in [0.3, 0.4) is 0 Å². The summed E-state index contributed by atoms with van der Waals surface area (Å²) in [5.74, 6) is 3.71. The van der Waals surface area contributed by atoms with Gasteiger partial charge in [0.25, 0.3) is 0 Å². The maximum Gasteiger partial charge on any atom is 0.230 e. The second-order valence-corrected chi connectivity index (χ2v) is 8.05. The standard InChI is InChI=1S/C21H28N6S/c1-3-10-23-13-15-24(16-14-23)17-26-21(28)27(19-8-6-18(2)7-9-19)20(22-26)25-11-4-5-12-25/h1,6-9H,4-5,10-17H2,2H3. The predicted octanol–water partition coefficient (Wildman–Crippen LogP) is 2.52. The van der Waals surface area contributed by atoms with Gasteiger partial charge in [-0.2, -0.15) is 0 Å². The molecule has 0 spiro atoms. The molecule has 0 unspecified atom stereocenters. The van der Waals surface area contributed by atoms with Crippen LogP contribution < -0.4 is 4.90 Å². The Morgan fingerprint density at radius 3 is 2.29 bits per heavy atom. The number of aryl methyl sites for hydroxylation is 1. The Kier molecular flexibility index (Phi) is 5.81. The van der Waals surface area contributed by atoms with Crippen molar-refractivity contribution in [3.8, 4) is 18.0 Å². The fraction of sp³-hybridized carbons (Fsp3) is 0.524. The van der Waals surface area contributed by atoms with Crippen LogP contribution in [0.5, 0.6) is 0 Å². The van der Waals surface area contributed by atoms with Gasteiger partial charge in [0.2, 0.25) is 10.7 Å². The SMILES string of the molecule is C#CCN1CCN(Cn2nc(N3CCCC3)n(-c3ccc(C)cc3)c2=S)CC1. The largest absolute Gasteiger partial charge is 0.341 e. The van der Waals surface area contributed by atoms with Gasteiger partial charge in [-0.25, -0.2) is 4.68 Å². The average Bonchev–Trinajstić information content (AvgIpc) is 3.33. The van der Waals surface area contributed by atoms with E-state index in [-0.39, 0.29) is 0 Å². The Morgan fingerprint density at radius 2 is 1.64 bits per heavy atom. The summed E-state index contributed by atoms with van der Waals surface area (Å²) in [6.07, 6.45) is 7.87. The van der Waals surface area contributed by atoms with Gasteiger partial charge in [0.15, 0.2) is 0 Å². The first-order valence-corrected chi connectivity index (χ1v) is 10.5. The maximum absolute atomic E-state index is 5.87. The van der Waals surface area contributed by atoms with Gasteiger partial charge in [-0.1, -0.05) is 23.6 Å². The van der Waals surface area contributed by atoms with Crippen molar-refractivity contribution in [3.63, 3.8) is 0 Å². The van der Waals surface area contributed by atoms with Crippen molar-refractivity contribution < 1.29 is 0 Å². The third-order valence-corrected chi connectivity index (χ3v) is 6.01. The molecule has 4 rings (SSSR count). The van der Waals surface area contributed by atoms with Crippen LogP contribution in [-0.2, 0) is 6.67 Å². The molecule has 2 aromatic rings. The summed E-state index contributed by atoms with van der Waals surface area (Å²) in [5, 5.41) is 4.95. The van der Waals surface area contributed by atoms with E-state index in [2.05, 4.69) is 56.4 Å². The highest BCUT2D eigenvalue weighted by Gasteiger charge is 2.23. The molecule has 2 fully saturated rings. The molecule has 0 radical (unpaired) electrons. The molecule has 0 saturated carbocycles. The van der Waals surface area contributed by atoms with Gasteiger partial charge in [-0.15, -0.1) is 11.5 Å². The Hall–Kier alpha value is -2.14. The topological polar surface area (TPSA) is 32.5 Å². The van der Waals surface area contributed by atoms with Crippen LogP contribution in [-0.4, -0.2) is 70.0 Å². The van der Waals surface area contributed by atoms with Crippen molar-refractivity contribution in [1.29, 1.82) is 0 Å². The number of rotatable bonds is 5. The zero-order valence-electron chi connectivity index (χ0n) is 16.5. The van der Waals surface area contributed by atoms with E-state index in [1.807, 2.05) is 4.68 Å². The van der Waals surface area contributed by atoms with Crippen molar-refractivity contribution in [1.82, 2.24) is 24.1 Å². The first-order chi connectivity index (χ1) is 13.7. The van der Waals surface area contributed by atoms with Gasteiger partial charge in [-0.3, -0.25) is 14.4 Å². The highest BCUT2D eigenvalue weighted by Crippen LogP contribution is 2.24. The molecule has 0 bridgehead atoms. The molecule has 28 heavy (non-hydrogen) atoms. The first-order valence-electron chi connectivity index (χ1n) is 10.1. The molecule has 1 aromatic heterocycles. The fourth-order valence-corrected chi connectivity index (χ4v) is 4.22. The number of hydrogen-bond acceptors (Lipinski definition) is 5. The number of terminal acetylenes is 1. The number of anilines is 1.